The quantitative estimate of drug-likeness (QED) is 0.654. The predicted octanol–water partition coefficient (Wildman–Crippen LogP) is 2.42. The number of piperidine rings is 1. The number of methoxy groups -OCH3 is 1. The number of para-hydroxylation sites is 1. The molecule has 1 fully saturated rings. The van der Waals surface area contributed by atoms with Gasteiger partial charge in [0.05, 0.1) is 6.61 Å². The molecule has 0 aliphatic carbocycles. The van der Waals surface area contributed by atoms with Crippen LogP contribution in [-0.4, -0.2) is 68.6 Å². The largest absolute Gasteiger partial charge is 0.493 e. The van der Waals surface area contributed by atoms with E-state index in [2.05, 4.69) is 0 Å². The smallest absolute Gasteiger partial charge is 0.248 e. The van der Waals surface area contributed by atoms with Gasteiger partial charge in [-0.3, -0.25) is 9.59 Å². The highest BCUT2D eigenvalue weighted by molar-refractivity contribution is 5.80. The second-order valence-corrected chi connectivity index (χ2v) is 7.27. The summed E-state index contributed by atoms with van der Waals surface area (Å²) in [5.74, 6) is 1.11. The lowest BCUT2D eigenvalue weighted by atomic mass is 9.95. The minimum Gasteiger partial charge on any atom is -0.493 e. The molecule has 0 bridgehead atoms. The fraction of sp³-hybridized carbons (Fsp3) is 0.619. The number of carbonyl (C=O) groups is 2. The maximum atomic E-state index is 12.6. The standard InChI is InChI=1S/C21H32N2O4/c1-16-7-5-8-17(2)20(16)27-14-6-11-22(3)21(25)18-9-12-23(13-10-18)19(24)15-26-4/h5,7-8,18H,6,9-15H2,1-4H3. The molecule has 0 saturated carbocycles. The summed E-state index contributed by atoms with van der Waals surface area (Å²) in [5.41, 5.74) is 2.27. The zero-order valence-electron chi connectivity index (χ0n) is 17.0. The highest BCUT2D eigenvalue weighted by Crippen LogP contribution is 2.23. The summed E-state index contributed by atoms with van der Waals surface area (Å²) in [4.78, 5) is 28.0. The van der Waals surface area contributed by atoms with E-state index in [9.17, 15) is 9.59 Å². The van der Waals surface area contributed by atoms with Crippen molar-refractivity contribution in [3.05, 3.63) is 29.3 Å². The van der Waals surface area contributed by atoms with Crippen molar-refractivity contribution in [3.63, 3.8) is 0 Å². The number of ether oxygens (including phenoxy) is 2. The summed E-state index contributed by atoms with van der Waals surface area (Å²) in [6.07, 6.45) is 2.23. The van der Waals surface area contributed by atoms with Gasteiger partial charge < -0.3 is 19.3 Å². The fourth-order valence-electron chi connectivity index (χ4n) is 3.52. The third kappa shape index (κ3) is 5.96. The van der Waals surface area contributed by atoms with Gasteiger partial charge in [0.1, 0.15) is 12.4 Å². The molecule has 0 N–H and O–H groups in total. The molecule has 1 aliphatic heterocycles. The molecule has 6 heteroatoms. The van der Waals surface area contributed by atoms with Crippen LogP contribution in [0, 0.1) is 19.8 Å². The van der Waals surface area contributed by atoms with Gasteiger partial charge in [0.25, 0.3) is 0 Å². The maximum absolute atomic E-state index is 12.6. The van der Waals surface area contributed by atoms with Gasteiger partial charge in [-0.1, -0.05) is 18.2 Å². The normalized spacial score (nSPS) is 14.9. The van der Waals surface area contributed by atoms with Crippen molar-refractivity contribution in [2.75, 3.05) is 47.0 Å². The SMILES string of the molecule is COCC(=O)N1CCC(C(=O)N(C)CCCOc2c(C)cccc2C)CC1. The van der Waals surface area contributed by atoms with E-state index in [1.807, 2.05) is 39.1 Å². The second kappa shape index (κ2) is 10.3. The van der Waals surface area contributed by atoms with Gasteiger partial charge >= 0.3 is 0 Å². The van der Waals surface area contributed by atoms with Gasteiger partial charge in [0.15, 0.2) is 0 Å². The van der Waals surface area contributed by atoms with Gasteiger partial charge in [0, 0.05) is 39.7 Å². The third-order valence-corrected chi connectivity index (χ3v) is 5.13. The highest BCUT2D eigenvalue weighted by Gasteiger charge is 2.28. The van der Waals surface area contributed by atoms with Crippen LogP contribution in [-0.2, 0) is 14.3 Å². The average Bonchev–Trinajstić information content (AvgIpc) is 2.66. The molecule has 0 spiro atoms. The molecule has 1 aliphatic rings. The zero-order valence-corrected chi connectivity index (χ0v) is 17.0. The van der Waals surface area contributed by atoms with E-state index in [4.69, 9.17) is 9.47 Å². The van der Waals surface area contributed by atoms with Crippen molar-refractivity contribution in [2.45, 2.75) is 33.1 Å². The summed E-state index contributed by atoms with van der Waals surface area (Å²) < 4.78 is 10.8. The third-order valence-electron chi connectivity index (χ3n) is 5.13. The Morgan fingerprint density at radius 2 is 1.81 bits per heavy atom. The first-order valence-corrected chi connectivity index (χ1v) is 9.64. The number of benzene rings is 1. The van der Waals surface area contributed by atoms with Crippen LogP contribution in [0.4, 0.5) is 0 Å². The first-order chi connectivity index (χ1) is 12.9. The molecule has 6 nitrogen and oxygen atoms in total. The molecule has 0 aromatic heterocycles. The Labute approximate surface area is 162 Å². The predicted molar refractivity (Wildman–Crippen MR) is 105 cm³/mol. The first-order valence-electron chi connectivity index (χ1n) is 9.64. The van der Waals surface area contributed by atoms with Crippen LogP contribution in [0.1, 0.15) is 30.4 Å². The molecule has 27 heavy (non-hydrogen) atoms. The van der Waals surface area contributed by atoms with Crippen molar-refractivity contribution < 1.29 is 19.1 Å². The number of carbonyl (C=O) groups excluding carboxylic acids is 2. The van der Waals surface area contributed by atoms with Gasteiger partial charge in [-0.2, -0.15) is 0 Å². The Hall–Kier alpha value is -2.08. The molecule has 2 rings (SSSR count). The van der Waals surface area contributed by atoms with Crippen LogP contribution in [0.3, 0.4) is 0 Å². The number of likely N-dealkylation sites (tertiary alicyclic amines) is 1. The van der Waals surface area contributed by atoms with Gasteiger partial charge in [-0.15, -0.1) is 0 Å². The first kappa shape index (κ1) is 21.2. The van der Waals surface area contributed by atoms with Crippen LogP contribution >= 0.6 is 0 Å². The summed E-state index contributed by atoms with van der Waals surface area (Å²) in [6, 6.07) is 6.11. The fourth-order valence-corrected chi connectivity index (χ4v) is 3.52. The number of aryl methyl sites for hydroxylation is 2. The van der Waals surface area contributed by atoms with Crippen LogP contribution in [0.25, 0.3) is 0 Å². The van der Waals surface area contributed by atoms with Gasteiger partial charge in [-0.25, -0.2) is 0 Å². The van der Waals surface area contributed by atoms with E-state index in [1.54, 1.807) is 9.80 Å². The molecule has 0 atom stereocenters. The Kier molecular flexibility index (Phi) is 8.10. The molecular weight excluding hydrogens is 344 g/mol. The maximum Gasteiger partial charge on any atom is 0.248 e. The average molecular weight is 376 g/mol. The number of amides is 2. The molecule has 2 amide bonds. The van der Waals surface area contributed by atoms with E-state index in [-0.39, 0.29) is 24.3 Å². The van der Waals surface area contributed by atoms with Crippen LogP contribution < -0.4 is 4.74 Å². The molecule has 1 aromatic carbocycles. The van der Waals surface area contributed by atoms with Gasteiger partial charge in [0.2, 0.25) is 11.8 Å². The van der Waals surface area contributed by atoms with Crippen molar-refractivity contribution in [3.8, 4) is 5.75 Å². The second-order valence-electron chi connectivity index (χ2n) is 7.27. The van der Waals surface area contributed by atoms with Crippen LogP contribution in [0.2, 0.25) is 0 Å². The van der Waals surface area contributed by atoms with Crippen molar-refractivity contribution in [2.24, 2.45) is 5.92 Å². The summed E-state index contributed by atoms with van der Waals surface area (Å²) >= 11 is 0. The Balaban J connectivity index is 1.71. The molecule has 150 valence electrons. The summed E-state index contributed by atoms with van der Waals surface area (Å²) in [5, 5.41) is 0. The molecule has 0 radical (unpaired) electrons. The number of hydrogen-bond donors (Lipinski definition) is 0. The molecule has 1 aromatic rings. The Morgan fingerprint density at radius 3 is 2.41 bits per heavy atom. The molecular formula is C21H32N2O4. The number of rotatable bonds is 8. The van der Waals surface area contributed by atoms with E-state index in [0.29, 0.717) is 26.2 Å². The van der Waals surface area contributed by atoms with Crippen molar-refractivity contribution >= 4 is 11.8 Å². The van der Waals surface area contributed by atoms with Gasteiger partial charge in [-0.05, 0) is 44.2 Å². The van der Waals surface area contributed by atoms with E-state index >= 15 is 0 Å². The minimum absolute atomic E-state index is 0.000371. The number of nitrogens with zero attached hydrogens (tertiary/aromatic N) is 2. The van der Waals surface area contributed by atoms with Crippen molar-refractivity contribution in [1.29, 1.82) is 0 Å². The monoisotopic (exact) mass is 376 g/mol. The topological polar surface area (TPSA) is 59.1 Å². The zero-order chi connectivity index (χ0) is 19.8. The van der Waals surface area contributed by atoms with E-state index < -0.39 is 0 Å². The van der Waals surface area contributed by atoms with Crippen LogP contribution in [0.15, 0.2) is 18.2 Å². The summed E-state index contributed by atoms with van der Waals surface area (Å²) in [6.45, 7) is 6.71. The summed E-state index contributed by atoms with van der Waals surface area (Å²) in [7, 11) is 3.37. The molecule has 0 unspecified atom stereocenters. The lowest BCUT2D eigenvalue weighted by Gasteiger charge is -2.33. The Bertz CT molecular complexity index is 619. The molecule has 1 saturated heterocycles. The van der Waals surface area contributed by atoms with E-state index in [0.717, 1.165) is 36.1 Å². The number of hydrogen-bond acceptors (Lipinski definition) is 4. The van der Waals surface area contributed by atoms with Crippen molar-refractivity contribution in [1.82, 2.24) is 9.80 Å². The molecule has 1 heterocycles. The lowest BCUT2D eigenvalue weighted by molar-refractivity contribution is -0.141. The van der Waals surface area contributed by atoms with Crippen LogP contribution in [0.5, 0.6) is 5.75 Å². The Morgan fingerprint density at radius 1 is 1.19 bits per heavy atom. The lowest BCUT2D eigenvalue weighted by Crippen LogP contribution is -2.44. The minimum atomic E-state index is 0.000371. The highest BCUT2D eigenvalue weighted by atomic mass is 16.5. The van der Waals surface area contributed by atoms with E-state index in [1.165, 1.54) is 7.11 Å².